The number of nitrogens with two attached hydrogens (primary N) is 2. The first-order valence-corrected chi connectivity index (χ1v) is 13.3. The summed E-state index contributed by atoms with van der Waals surface area (Å²) >= 11 is 0. The number of nitrogens with one attached hydrogen (secondary N) is 4. The van der Waals surface area contributed by atoms with Gasteiger partial charge in [-0.3, -0.25) is 14.4 Å². The number of aliphatic hydroxyl groups excluding tert-OH is 1. The Bertz CT molecular complexity index is 1120. The molecule has 5 atom stereocenters. The normalized spacial score (nSPS) is 15.3. The summed E-state index contributed by atoms with van der Waals surface area (Å²) in [4.78, 5) is 54.0. The van der Waals surface area contributed by atoms with Gasteiger partial charge in [-0.1, -0.05) is 32.0 Å². The van der Waals surface area contributed by atoms with Gasteiger partial charge in [0.2, 0.25) is 17.7 Å². The molecule has 0 spiro atoms. The topological polar surface area (TPSA) is 213 Å². The molecule has 1 aromatic heterocycles. The quantitative estimate of drug-likeness (QED) is 0.135. The Morgan fingerprint density at radius 1 is 0.949 bits per heavy atom. The number of unbranched alkanes of at least 4 members (excludes halogenated alkanes) is 1. The summed E-state index contributed by atoms with van der Waals surface area (Å²) in [6.45, 7) is 5.54. The summed E-state index contributed by atoms with van der Waals surface area (Å²) < 4.78 is 0. The molecule has 10 N–H and O–H groups in total. The number of aliphatic hydroxyl groups is 1. The van der Waals surface area contributed by atoms with Crippen LogP contribution in [0.1, 0.15) is 52.0 Å². The molecular weight excluding hydrogens is 504 g/mol. The van der Waals surface area contributed by atoms with Crippen molar-refractivity contribution in [2.45, 2.75) is 83.1 Å². The smallest absolute Gasteiger partial charge is 0.326 e. The molecule has 216 valence electrons. The predicted octanol–water partition coefficient (Wildman–Crippen LogP) is 0.133. The number of H-pyrrole nitrogens is 1. The number of carbonyl (C=O) groups is 4. The van der Waals surface area contributed by atoms with Crippen molar-refractivity contribution in [2.75, 3.05) is 6.54 Å². The zero-order valence-electron chi connectivity index (χ0n) is 22.8. The Labute approximate surface area is 228 Å². The molecule has 0 fully saturated rings. The molecule has 2 rings (SSSR count). The summed E-state index contributed by atoms with van der Waals surface area (Å²) in [7, 11) is 0. The number of carboxylic acid groups (broad SMARTS) is 1. The van der Waals surface area contributed by atoms with Gasteiger partial charge in [-0.2, -0.15) is 0 Å². The van der Waals surface area contributed by atoms with E-state index in [1.807, 2.05) is 38.1 Å². The summed E-state index contributed by atoms with van der Waals surface area (Å²) in [6, 6.07) is 2.85. The number of carbonyl (C=O) groups excluding carboxylic acids is 3. The number of aromatic amines is 1. The Kier molecular flexibility index (Phi) is 12.4. The molecule has 0 radical (unpaired) electrons. The molecule has 3 amide bonds. The summed E-state index contributed by atoms with van der Waals surface area (Å²) in [5, 5.41) is 28.2. The minimum atomic E-state index is -1.46. The van der Waals surface area contributed by atoms with Gasteiger partial charge in [-0.25, -0.2) is 4.79 Å². The zero-order valence-corrected chi connectivity index (χ0v) is 22.8. The first-order chi connectivity index (χ1) is 18.4. The van der Waals surface area contributed by atoms with Crippen molar-refractivity contribution in [1.82, 2.24) is 20.9 Å². The number of para-hydroxylation sites is 1. The molecule has 1 aromatic carbocycles. The lowest BCUT2D eigenvalue weighted by molar-refractivity contribution is -0.143. The van der Waals surface area contributed by atoms with E-state index in [9.17, 15) is 29.4 Å². The number of hydrogen-bond donors (Lipinski definition) is 8. The van der Waals surface area contributed by atoms with Gasteiger partial charge in [0, 0.05) is 23.5 Å². The maximum atomic E-state index is 13.4. The molecule has 0 saturated heterocycles. The lowest BCUT2D eigenvalue weighted by atomic mass is 10.0. The Balaban J connectivity index is 2.25. The van der Waals surface area contributed by atoms with E-state index in [1.54, 1.807) is 6.20 Å². The van der Waals surface area contributed by atoms with Crippen LogP contribution >= 0.6 is 0 Å². The van der Waals surface area contributed by atoms with Crippen LogP contribution in [0.4, 0.5) is 0 Å². The second kappa shape index (κ2) is 15.2. The number of benzene rings is 1. The number of aliphatic carboxylic acids is 1. The standard InChI is InChI=1S/C27H42N6O6/c1-15(2)12-19(29)24(35)32-22(13-17-14-30-20-9-5-4-8-18(17)20)25(36)33-23(16(3)34)26(37)31-21(27(38)39)10-6-7-11-28/h4-5,8-9,14-16,19,21-23,30,34H,6-7,10-13,28-29H2,1-3H3,(H,31,37)(H,32,35)(H,33,36)(H,38,39). The second-order valence-electron chi connectivity index (χ2n) is 10.3. The van der Waals surface area contributed by atoms with E-state index >= 15 is 0 Å². The number of carboxylic acids is 1. The van der Waals surface area contributed by atoms with Crippen molar-refractivity contribution in [1.29, 1.82) is 0 Å². The fraction of sp³-hybridized carbons (Fsp3) is 0.556. The number of fused-ring (bicyclic) bond motifs is 1. The van der Waals surface area contributed by atoms with Gasteiger partial charge in [-0.15, -0.1) is 0 Å². The number of hydrogen-bond acceptors (Lipinski definition) is 7. The third-order valence-corrected chi connectivity index (χ3v) is 6.42. The van der Waals surface area contributed by atoms with Gasteiger partial charge in [0.25, 0.3) is 0 Å². The summed E-state index contributed by atoms with van der Waals surface area (Å²) in [5.74, 6) is -3.18. The Hall–Kier alpha value is -3.48. The first kappa shape index (κ1) is 31.7. The number of amides is 3. The molecule has 39 heavy (non-hydrogen) atoms. The van der Waals surface area contributed by atoms with E-state index in [4.69, 9.17) is 11.5 Å². The van der Waals surface area contributed by atoms with Crippen molar-refractivity contribution in [3.63, 3.8) is 0 Å². The predicted molar refractivity (Wildman–Crippen MR) is 147 cm³/mol. The van der Waals surface area contributed by atoms with Gasteiger partial charge in [0.15, 0.2) is 0 Å². The Morgan fingerprint density at radius 3 is 2.23 bits per heavy atom. The van der Waals surface area contributed by atoms with Crippen molar-refractivity contribution in [2.24, 2.45) is 17.4 Å². The van der Waals surface area contributed by atoms with Gasteiger partial charge < -0.3 is 42.6 Å². The molecule has 0 aliphatic heterocycles. The second-order valence-corrected chi connectivity index (χ2v) is 10.3. The van der Waals surface area contributed by atoms with Gasteiger partial charge >= 0.3 is 5.97 Å². The maximum Gasteiger partial charge on any atom is 0.326 e. The molecule has 0 bridgehead atoms. The molecule has 0 saturated carbocycles. The van der Waals surface area contributed by atoms with Crippen LogP contribution in [0.2, 0.25) is 0 Å². The average Bonchev–Trinajstić information content (AvgIpc) is 3.28. The highest BCUT2D eigenvalue weighted by atomic mass is 16.4. The molecule has 12 heteroatoms. The van der Waals surface area contributed by atoms with Crippen LogP contribution < -0.4 is 27.4 Å². The first-order valence-electron chi connectivity index (χ1n) is 13.3. The summed E-state index contributed by atoms with van der Waals surface area (Å²) in [6.07, 6.45) is 2.10. The van der Waals surface area contributed by atoms with Crippen LogP contribution in [0, 0.1) is 5.92 Å². The third kappa shape index (κ3) is 9.65. The van der Waals surface area contributed by atoms with Crippen LogP contribution in [0.5, 0.6) is 0 Å². The van der Waals surface area contributed by atoms with Crippen LogP contribution in [0.3, 0.4) is 0 Å². The highest BCUT2D eigenvalue weighted by molar-refractivity contribution is 5.95. The van der Waals surface area contributed by atoms with Crippen molar-refractivity contribution in [3.05, 3.63) is 36.0 Å². The van der Waals surface area contributed by atoms with Crippen LogP contribution in [0.15, 0.2) is 30.5 Å². The fourth-order valence-electron chi connectivity index (χ4n) is 4.29. The third-order valence-electron chi connectivity index (χ3n) is 6.42. The average molecular weight is 547 g/mol. The minimum Gasteiger partial charge on any atom is -0.480 e. The molecule has 1 heterocycles. The number of aromatic nitrogens is 1. The number of rotatable bonds is 16. The molecule has 2 aromatic rings. The van der Waals surface area contributed by atoms with Gasteiger partial charge in [-0.05, 0) is 56.7 Å². The van der Waals surface area contributed by atoms with E-state index in [1.165, 1.54) is 6.92 Å². The molecule has 0 aliphatic carbocycles. The zero-order chi connectivity index (χ0) is 29.1. The van der Waals surface area contributed by atoms with Crippen molar-refractivity contribution in [3.8, 4) is 0 Å². The van der Waals surface area contributed by atoms with Gasteiger partial charge in [0.1, 0.15) is 18.1 Å². The Morgan fingerprint density at radius 2 is 1.62 bits per heavy atom. The van der Waals surface area contributed by atoms with Crippen molar-refractivity contribution < 1.29 is 29.4 Å². The lowest BCUT2D eigenvalue weighted by Crippen LogP contribution is -2.60. The summed E-state index contributed by atoms with van der Waals surface area (Å²) in [5.41, 5.74) is 13.1. The molecule has 5 unspecified atom stereocenters. The maximum absolute atomic E-state index is 13.4. The largest absolute Gasteiger partial charge is 0.480 e. The van der Waals surface area contributed by atoms with E-state index < -0.39 is 54.0 Å². The SMILES string of the molecule is CC(C)CC(N)C(=O)NC(Cc1c[nH]c2ccccc12)C(=O)NC(C(=O)NC(CCCCN)C(=O)O)C(C)O. The van der Waals surface area contributed by atoms with E-state index in [-0.39, 0.29) is 18.8 Å². The molecule has 12 nitrogen and oxygen atoms in total. The molecule has 0 aliphatic rings. The van der Waals surface area contributed by atoms with Crippen LogP contribution in [0.25, 0.3) is 10.9 Å². The minimum absolute atomic E-state index is 0.0843. The highest BCUT2D eigenvalue weighted by Crippen LogP contribution is 2.19. The molecular formula is C27H42N6O6. The van der Waals surface area contributed by atoms with Gasteiger partial charge in [0.05, 0.1) is 12.1 Å². The van der Waals surface area contributed by atoms with Crippen molar-refractivity contribution >= 4 is 34.6 Å². The van der Waals surface area contributed by atoms with E-state index in [2.05, 4.69) is 20.9 Å². The van der Waals surface area contributed by atoms with Crippen LogP contribution in [-0.4, -0.2) is 75.7 Å². The van der Waals surface area contributed by atoms with E-state index in [0.29, 0.717) is 25.8 Å². The lowest BCUT2D eigenvalue weighted by Gasteiger charge is -2.26. The van der Waals surface area contributed by atoms with E-state index in [0.717, 1.165) is 16.5 Å². The highest BCUT2D eigenvalue weighted by Gasteiger charge is 2.33. The van der Waals surface area contributed by atoms with Crippen LogP contribution in [-0.2, 0) is 25.6 Å². The monoisotopic (exact) mass is 546 g/mol. The fourth-order valence-corrected chi connectivity index (χ4v) is 4.29.